The van der Waals surface area contributed by atoms with Crippen LogP contribution in [0.1, 0.15) is 35.1 Å². The van der Waals surface area contributed by atoms with E-state index >= 15 is 0 Å². The molecule has 0 unspecified atom stereocenters. The Morgan fingerprint density at radius 2 is 1.56 bits per heavy atom. The highest BCUT2D eigenvalue weighted by Gasteiger charge is 2.42. The number of benzene rings is 2. The van der Waals surface area contributed by atoms with E-state index in [1.165, 1.54) is 10.5 Å². The summed E-state index contributed by atoms with van der Waals surface area (Å²) in [4.78, 5) is 34.8. The molecule has 2 aromatic carbocycles. The number of aromatic nitrogens is 1. The van der Waals surface area contributed by atoms with Crippen LogP contribution in [0.3, 0.4) is 0 Å². The van der Waals surface area contributed by atoms with Crippen LogP contribution < -0.4 is 0 Å². The molecule has 5 rings (SSSR count). The zero-order valence-electron chi connectivity index (χ0n) is 19.5. The van der Waals surface area contributed by atoms with Crippen molar-refractivity contribution in [3.8, 4) is 0 Å². The van der Waals surface area contributed by atoms with Gasteiger partial charge in [-0.15, -0.1) is 0 Å². The maximum absolute atomic E-state index is 13.6. The molecule has 0 aliphatic carbocycles. The third-order valence-corrected chi connectivity index (χ3v) is 6.85. The summed E-state index contributed by atoms with van der Waals surface area (Å²) in [5, 5.41) is 0. The molecule has 0 radical (unpaired) electrons. The molecule has 5 heteroatoms. The molecule has 2 amide bonds. The van der Waals surface area contributed by atoms with E-state index in [1.54, 1.807) is 12.4 Å². The third kappa shape index (κ3) is 4.51. The van der Waals surface area contributed by atoms with Gasteiger partial charge in [-0.2, -0.15) is 0 Å². The largest absolute Gasteiger partial charge is 0.366 e. The SMILES string of the molecule is Cc1ccc(C2=C(N3CCC(Cc4ccccc4)CC3)C(=O)N(Cc3cccnc3)C2=O)cc1. The molecule has 2 aliphatic rings. The lowest BCUT2D eigenvalue weighted by atomic mass is 9.89. The van der Waals surface area contributed by atoms with Gasteiger partial charge in [0.05, 0.1) is 12.1 Å². The van der Waals surface area contributed by atoms with Crippen molar-refractivity contribution in [1.29, 1.82) is 0 Å². The smallest absolute Gasteiger partial charge is 0.278 e. The molecular weight excluding hydrogens is 422 g/mol. The van der Waals surface area contributed by atoms with Crippen LogP contribution in [0.2, 0.25) is 0 Å². The number of amides is 2. The van der Waals surface area contributed by atoms with Crippen LogP contribution in [0.15, 0.2) is 84.8 Å². The van der Waals surface area contributed by atoms with Gasteiger partial charge in [0.1, 0.15) is 5.70 Å². The molecule has 0 spiro atoms. The summed E-state index contributed by atoms with van der Waals surface area (Å²) in [5.41, 5.74) is 5.20. The van der Waals surface area contributed by atoms with E-state index in [4.69, 9.17) is 0 Å². The highest BCUT2D eigenvalue weighted by atomic mass is 16.2. The van der Waals surface area contributed by atoms with E-state index in [1.807, 2.05) is 49.4 Å². The number of aryl methyl sites for hydroxylation is 1. The minimum absolute atomic E-state index is 0.203. The summed E-state index contributed by atoms with van der Waals surface area (Å²) in [6.45, 7) is 3.81. The monoisotopic (exact) mass is 451 g/mol. The summed E-state index contributed by atoms with van der Waals surface area (Å²) in [6, 6.07) is 22.2. The van der Waals surface area contributed by atoms with E-state index in [2.05, 4.69) is 34.1 Å². The van der Waals surface area contributed by atoms with Gasteiger partial charge in [0.15, 0.2) is 0 Å². The lowest BCUT2D eigenvalue weighted by Crippen LogP contribution is -2.38. The van der Waals surface area contributed by atoms with Gasteiger partial charge in [0.2, 0.25) is 0 Å². The van der Waals surface area contributed by atoms with Gasteiger partial charge in [0, 0.05) is 25.5 Å². The highest BCUT2D eigenvalue weighted by Crippen LogP contribution is 2.35. The van der Waals surface area contributed by atoms with Crippen LogP contribution in [0.4, 0.5) is 0 Å². The second kappa shape index (κ2) is 9.64. The number of likely N-dealkylation sites (tertiary alicyclic amines) is 1. The van der Waals surface area contributed by atoms with Crippen LogP contribution in [0.5, 0.6) is 0 Å². The van der Waals surface area contributed by atoms with Gasteiger partial charge in [-0.25, -0.2) is 0 Å². The number of nitrogens with zero attached hydrogens (tertiary/aromatic N) is 3. The molecule has 0 atom stereocenters. The summed E-state index contributed by atoms with van der Waals surface area (Å²) < 4.78 is 0. The third-order valence-electron chi connectivity index (χ3n) is 6.85. The fourth-order valence-corrected chi connectivity index (χ4v) is 4.96. The number of piperidine rings is 1. The Kier molecular flexibility index (Phi) is 6.26. The second-order valence-electron chi connectivity index (χ2n) is 9.27. The zero-order valence-corrected chi connectivity index (χ0v) is 19.5. The topological polar surface area (TPSA) is 53.5 Å². The molecule has 34 heavy (non-hydrogen) atoms. The molecule has 2 aliphatic heterocycles. The van der Waals surface area contributed by atoms with E-state index in [-0.39, 0.29) is 18.4 Å². The number of pyridine rings is 1. The fourth-order valence-electron chi connectivity index (χ4n) is 4.96. The summed E-state index contributed by atoms with van der Waals surface area (Å²) in [7, 11) is 0. The van der Waals surface area contributed by atoms with Gasteiger partial charge in [-0.1, -0.05) is 66.2 Å². The van der Waals surface area contributed by atoms with Crippen molar-refractivity contribution in [2.75, 3.05) is 13.1 Å². The first-order valence-corrected chi connectivity index (χ1v) is 12.0. The van der Waals surface area contributed by atoms with Gasteiger partial charge >= 0.3 is 0 Å². The minimum Gasteiger partial charge on any atom is -0.366 e. The maximum atomic E-state index is 13.6. The number of hydrogen-bond acceptors (Lipinski definition) is 4. The van der Waals surface area contributed by atoms with Crippen LogP contribution in [0.25, 0.3) is 5.57 Å². The van der Waals surface area contributed by atoms with Gasteiger partial charge in [0.25, 0.3) is 11.8 Å². The molecule has 0 N–H and O–H groups in total. The van der Waals surface area contributed by atoms with Crippen molar-refractivity contribution < 1.29 is 9.59 Å². The Morgan fingerprint density at radius 1 is 0.853 bits per heavy atom. The first-order valence-electron chi connectivity index (χ1n) is 12.0. The number of imide groups is 1. The molecule has 1 saturated heterocycles. The molecule has 3 heterocycles. The number of hydrogen-bond donors (Lipinski definition) is 0. The Bertz CT molecular complexity index is 1200. The van der Waals surface area contributed by atoms with Crippen LogP contribution in [-0.2, 0) is 22.6 Å². The first kappa shape index (κ1) is 22.1. The van der Waals surface area contributed by atoms with Gasteiger partial charge < -0.3 is 4.90 Å². The number of carbonyl (C=O) groups excluding carboxylic acids is 2. The first-order chi connectivity index (χ1) is 16.6. The average molecular weight is 452 g/mol. The zero-order chi connectivity index (χ0) is 23.5. The molecule has 3 aromatic rings. The molecule has 172 valence electrons. The minimum atomic E-state index is -0.223. The van der Waals surface area contributed by atoms with Crippen molar-refractivity contribution in [2.24, 2.45) is 5.92 Å². The van der Waals surface area contributed by atoms with Crippen molar-refractivity contribution in [3.05, 3.63) is 107 Å². The molecule has 1 fully saturated rings. The summed E-state index contributed by atoms with van der Waals surface area (Å²) in [5.74, 6) is 0.158. The molecule has 5 nitrogen and oxygen atoms in total. The molecule has 0 bridgehead atoms. The predicted octanol–water partition coefficient (Wildman–Crippen LogP) is 4.62. The van der Waals surface area contributed by atoms with Crippen molar-refractivity contribution in [1.82, 2.24) is 14.8 Å². The van der Waals surface area contributed by atoms with E-state index in [9.17, 15) is 9.59 Å². The highest BCUT2D eigenvalue weighted by molar-refractivity contribution is 6.35. The number of rotatable bonds is 6. The second-order valence-corrected chi connectivity index (χ2v) is 9.27. The normalized spacial score (nSPS) is 17.1. The van der Waals surface area contributed by atoms with Crippen LogP contribution in [0, 0.1) is 12.8 Å². The van der Waals surface area contributed by atoms with Crippen molar-refractivity contribution >= 4 is 17.4 Å². The van der Waals surface area contributed by atoms with Gasteiger partial charge in [-0.3, -0.25) is 19.5 Å². The fraction of sp³-hybridized carbons (Fsp3) is 0.276. The Labute approximate surface area is 200 Å². The predicted molar refractivity (Wildman–Crippen MR) is 132 cm³/mol. The van der Waals surface area contributed by atoms with E-state index < -0.39 is 0 Å². The lowest BCUT2D eigenvalue weighted by Gasteiger charge is -2.34. The Hall–Kier alpha value is -3.73. The van der Waals surface area contributed by atoms with Crippen LogP contribution in [-0.4, -0.2) is 39.7 Å². The van der Waals surface area contributed by atoms with Crippen LogP contribution >= 0.6 is 0 Å². The lowest BCUT2D eigenvalue weighted by molar-refractivity contribution is -0.138. The standard InChI is InChI=1S/C29H29N3O2/c1-21-9-11-25(12-10-21)26-27(29(34)32(28(26)33)20-24-8-5-15-30-19-24)31-16-13-23(14-17-31)18-22-6-3-2-4-7-22/h2-12,15,19,23H,13-14,16-18,20H2,1H3. The van der Waals surface area contributed by atoms with Crippen molar-refractivity contribution in [2.45, 2.75) is 32.7 Å². The molecular formula is C29H29N3O2. The van der Waals surface area contributed by atoms with E-state index in [0.29, 0.717) is 17.2 Å². The van der Waals surface area contributed by atoms with Gasteiger partial charge in [-0.05, 0) is 54.9 Å². The summed E-state index contributed by atoms with van der Waals surface area (Å²) >= 11 is 0. The van der Waals surface area contributed by atoms with Crippen molar-refractivity contribution in [3.63, 3.8) is 0 Å². The Morgan fingerprint density at radius 3 is 2.24 bits per heavy atom. The van der Waals surface area contributed by atoms with E-state index in [0.717, 1.165) is 49.0 Å². The Balaban J connectivity index is 1.40. The molecule has 0 saturated carbocycles. The molecule has 1 aromatic heterocycles. The summed E-state index contributed by atoms with van der Waals surface area (Å²) in [6.07, 6.45) is 6.46. The number of carbonyl (C=O) groups is 2. The average Bonchev–Trinajstić information content (AvgIpc) is 3.11. The maximum Gasteiger partial charge on any atom is 0.278 e. The quantitative estimate of drug-likeness (QED) is 0.513.